The van der Waals surface area contributed by atoms with Crippen molar-refractivity contribution in [3.63, 3.8) is 0 Å². The van der Waals surface area contributed by atoms with Crippen LogP contribution in [-0.4, -0.2) is 0 Å². The van der Waals surface area contributed by atoms with Crippen molar-refractivity contribution < 1.29 is 0 Å². The van der Waals surface area contributed by atoms with E-state index in [0.717, 1.165) is 0 Å². The molecule has 0 bridgehead atoms. The lowest BCUT2D eigenvalue weighted by molar-refractivity contribution is 0.577. The average molecular weight is 232 g/mol. The van der Waals surface area contributed by atoms with Crippen molar-refractivity contribution in [1.29, 1.82) is 0 Å². The summed E-state index contributed by atoms with van der Waals surface area (Å²) in [5, 5.41) is 0. The minimum Gasteiger partial charge on any atom is -0.0654 e. The average Bonchev–Trinajstić information content (AvgIpc) is 2.23. The summed E-state index contributed by atoms with van der Waals surface area (Å²) >= 11 is 0. The largest absolute Gasteiger partial charge is 0.0654 e. The highest BCUT2D eigenvalue weighted by Gasteiger charge is 2.11. The van der Waals surface area contributed by atoms with E-state index in [9.17, 15) is 0 Å². The van der Waals surface area contributed by atoms with Crippen molar-refractivity contribution in [2.24, 2.45) is 0 Å². The summed E-state index contributed by atoms with van der Waals surface area (Å²) < 4.78 is 0. The molecule has 0 heteroatoms. The normalized spacial score (nSPS) is 12.8. The second kappa shape index (κ2) is 6.83. The molecule has 1 aromatic carbocycles. The molecule has 1 rings (SSSR count). The Hall–Kier alpha value is -0.780. The fraction of sp³-hybridized carbons (Fsp3) is 0.647. The predicted molar refractivity (Wildman–Crippen MR) is 77.8 cm³/mol. The Bertz CT molecular complexity index is 326. The lowest BCUT2D eigenvalue weighted by Gasteiger charge is -2.18. The van der Waals surface area contributed by atoms with Crippen LogP contribution in [0.15, 0.2) is 12.1 Å². The molecular weight excluding hydrogens is 204 g/mol. The first-order valence-corrected chi connectivity index (χ1v) is 7.14. The number of rotatable bonds is 6. The lowest BCUT2D eigenvalue weighted by atomic mass is 9.87. The molecule has 96 valence electrons. The van der Waals surface area contributed by atoms with Crippen molar-refractivity contribution in [3.8, 4) is 0 Å². The zero-order chi connectivity index (χ0) is 12.8. The van der Waals surface area contributed by atoms with Crippen LogP contribution in [0.5, 0.6) is 0 Å². The van der Waals surface area contributed by atoms with Gasteiger partial charge in [0, 0.05) is 0 Å². The number of hydrogen-bond acceptors (Lipinski definition) is 0. The highest BCUT2D eigenvalue weighted by molar-refractivity contribution is 5.39. The summed E-state index contributed by atoms with van der Waals surface area (Å²) in [5.41, 5.74) is 5.94. The van der Waals surface area contributed by atoms with Gasteiger partial charge in [0.15, 0.2) is 0 Å². The van der Waals surface area contributed by atoms with E-state index in [4.69, 9.17) is 0 Å². The molecule has 1 unspecified atom stereocenters. The molecule has 0 spiro atoms. The summed E-state index contributed by atoms with van der Waals surface area (Å²) in [6.45, 7) is 11.4. The van der Waals surface area contributed by atoms with Crippen molar-refractivity contribution >= 4 is 0 Å². The van der Waals surface area contributed by atoms with Gasteiger partial charge in [-0.2, -0.15) is 0 Å². The van der Waals surface area contributed by atoms with Crippen LogP contribution in [0.1, 0.15) is 74.1 Å². The van der Waals surface area contributed by atoms with Crippen molar-refractivity contribution in [3.05, 3.63) is 34.4 Å². The number of benzene rings is 1. The molecule has 0 N–H and O–H groups in total. The summed E-state index contributed by atoms with van der Waals surface area (Å²) in [5.74, 6) is 0.715. The lowest BCUT2D eigenvalue weighted by Crippen LogP contribution is -2.01. The van der Waals surface area contributed by atoms with Gasteiger partial charge >= 0.3 is 0 Å². The molecule has 0 heterocycles. The van der Waals surface area contributed by atoms with Crippen molar-refractivity contribution in [2.75, 3.05) is 0 Å². The maximum absolute atomic E-state index is 2.39. The molecule has 0 amide bonds. The molecule has 1 atom stereocenters. The first-order chi connectivity index (χ1) is 8.06. The molecule has 17 heavy (non-hydrogen) atoms. The zero-order valence-electron chi connectivity index (χ0n) is 12.3. The molecule has 0 nitrogen and oxygen atoms in total. The molecule has 0 fully saturated rings. The Morgan fingerprint density at radius 2 is 1.53 bits per heavy atom. The Morgan fingerprint density at radius 1 is 0.941 bits per heavy atom. The van der Waals surface area contributed by atoms with Gasteiger partial charge < -0.3 is 0 Å². The monoisotopic (exact) mass is 232 g/mol. The number of aryl methyl sites for hydroxylation is 3. The molecule has 0 radical (unpaired) electrons. The van der Waals surface area contributed by atoms with E-state index in [0.29, 0.717) is 5.92 Å². The second-order valence-corrected chi connectivity index (χ2v) is 5.56. The smallest absolute Gasteiger partial charge is 0.0185 e. The fourth-order valence-electron chi connectivity index (χ4n) is 2.99. The van der Waals surface area contributed by atoms with Gasteiger partial charge in [0.1, 0.15) is 0 Å². The van der Waals surface area contributed by atoms with Crippen LogP contribution < -0.4 is 0 Å². The third kappa shape index (κ3) is 4.18. The third-order valence-corrected chi connectivity index (χ3v) is 3.72. The van der Waals surface area contributed by atoms with Gasteiger partial charge in [0.2, 0.25) is 0 Å². The van der Waals surface area contributed by atoms with Gasteiger partial charge in [-0.1, -0.05) is 57.2 Å². The first kappa shape index (κ1) is 14.3. The van der Waals surface area contributed by atoms with E-state index in [2.05, 4.69) is 46.8 Å². The van der Waals surface area contributed by atoms with Crippen LogP contribution in [0.4, 0.5) is 0 Å². The Kier molecular flexibility index (Phi) is 5.74. The van der Waals surface area contributed by atoms with Crippen LogP contribution in [0.25, 0.3) is 0 Å². The fourth-order valence-corrected chi connectivity index (χ4v) is 2.99. The molecule has 0 saturated heterocycles. The third-order valence-electron chi connectivity index (χ3n) is 3.72. The number of hydrogen-bond donors (Lipinski definition) is 0. The van der Waals surface area contributed by atoms with Crippen molar-refractivity contribution in [1.82, 2.24) is 0 Å². The Labute approximate surface area is 107 Å². The van der Waals surface area contributed by atoms with Gasteiger partial charge in [0.25, 0.3) is 0 Å². The summed E-state index contributed by atoms with van der Waals surface area (Å²) in [6.07, 6.45) is 6.83. The van der Waals surface area contributed by atoms with Gasteiger partial charge in [-0.25, -0.2) is 0 Å². The van der Waals surface area contributed by atoms with Crippen LogP contribution in [0.2, 0.25) is 0 Å². The molecule has 0 aliphatic carbocycles. The second-order valence-electron chi connectivity index (χ2n) is 5.56. The predicted octanol–water partition coefficient (Wildman–Crippen LogP) is 5.69. The van der Waals surface area contributed by atoms with Crippen molar-refractivity contribution in [2.45, 2.75) is 72.6 Å². The van der Waals surface area contributed by atoms with E-state index < -0.39 is 0 Å². The van der Waals surface area contributed by atoms with Gasteiger partial charge in [0.05, 0.1) is 0 Å². The van der Waals surface area contributed by atoms with Crippen LogP contribution >= 0.6 is 0 Å². The maximum atomic E-state index is 2.39. The minimum atomic E-state index is 0.715. The highest BCUT2D eigenvalue weighted by atomic mass is 14.2. The van der Waals surface area contributed by atoms with E-state index in [1.807, 2.05) is 0 Å². The highest BCUT2D eigenvalue weighted by Crippen LogP contribution is 2.28. The molecule has 1 aromatic rings. The van der Waals surface area contributed by atoms with Crippen LogP contribution in [0, 0.1) is 20.8 Å². The van der Waals surface area contributed by atoms with Gasteiger partial charge in [-0.15, -0.1) is 0 Å². The summed E-state index contributed by atoms with van der Waals surface area (Å²) in [7, 11) is 0. The van der Waals surface area contributed by atoms with E-state index >= 15 is 0 Å². The Morgan fingerprint density at radius 3 is 2.06 bits per heavy atom. The van der Waals surface area contributed by atoms with E-state index in [1.165, 1.54) is 48.8 Å². The van der Waals surface area contributed by atoms with Gasteiger partial charge in [-0.3, -0.25) is 0 Å². The quantitative estimate of drug-likeness (QED) is 0.553. The molecule has 0 aliphatic rings. The van der Waals surface area contributed by atoms with E-state index in [-0.39, 0.29) is 0 Å². The topological polar surface area (TPSA) is 0 Å². The standard InChI is InChI=1S/C17H28/c1-6-7-8-9-10-14(3)17-15(4)11-13(2)12-16(17)5/h11-12,14H,6-10H2,1-5H3. The van der Waals surface area contributed by atoms with E-state index in [1.54, 1.807) is 5.56 Å². The minimum absolute atomic E-state index is 0.715. The Balaban J connectivity index is 2.65. The molecule has 0 saturated carbocycles. The molecule has 0 aliphatic heterocycles. The SMILES string of the molecule is CCCCCCC(C)c1c(C)cc(C)cc1C. The maximum Gasteiger partial charge on any atom is -0.0185 e. The first-order valence-electron chi connectivity index (χ1n) is 7.14. The molecule has 0 aromatic heterocycles. The molecular formula is C17H28. The number of unbranched alkanes of at least 4 members (excludes halogenated alkanes) is 3. The van der Waals surface area contributed by atoms with Crippen LogP contribution in [-0.2, 0) is 0 Å². The zero-order valence-corrected chi connectivity index (χ0v) is 12.3. The van der Waals surface area contributed by atoms with Gasteiger partial charge in [-0.05, 0) is 49.8 Å². The summed E-state index contributed by atoms with van der Waals surface area (Å²) in [4.78, 5) is 0. The summed E-state index contributed by atoms with van der Waals surface area (Å²) in [6, 6.07) is 4.65. The van der Waals surface area contributed by atoms with Crippen LogP contribution in [0.3, 0.4) is 0 Å².